The van der Waals surface area contributed by atoms with Crippen molar-refractivity contribution in [2.45, 2.75) is 32.2 Å². The predicted molar refractivity (Wildman–Crippen MR) is 110 cm³/mol. The van der Waals surface area contributed by atoms with Crippen LogP contribution >= 0.6 is 0 Å². The number of fused-ring (bicyclic) bond motifs is 1. The Morgan fingerprint density at radius 3 is 2.48 bits per heavy atom. The molecule has 2 aromatic carbocycles. The molecule has 0 spiro atoms. The summed E-state index contributed by atoms with van der Waals surface area (Å²) < 4.78 is 11.5. The van der Waals surface area contributed by atoms with Crippen molar-refractivity contribution in [3.05, 3.63) is 59.7 Å². The second kappa shape index (κ2) is 8.80. The highest BCUT2D eigenvalue weighted by Crippen LogP contribution is 2.30. The van der Waals surface area contributed by atoms with E-state index >= 15 is 0 Å². The van der Waals surface area contributed by atoms with Gasteiger partial charge in [-0.1, -0.05) is 50.2 Å². The van der Waals surface area contributed by atoms with E-state index in [4.69, 9.17) is 9.47 Å². The molecular weight excluding hydrogens is 338 g/mol. The Bertz CT molecular complexity index is 772. The topological polar surface area (TPSA) is 54.9 Å². The molecule has 2 aromatic rings. The standard InChI is InChI=1S/C22H29N3O2/c1-22(2,18-8-5-4-6-9-18)16-25-21(23-3)24-15-17-10-11-19-20(14-17)27-13-7-12-26-19/h4-6,8-11,14H,7,12-13,15-16H2,1-3H3,(H2,23,24,25). The van der Waals surface area contributed by atoms with Crippen molar-refractivity contribution in [2.75, 3.05) is 26.8 Å². The molecule has 0 amide bonds. The van der Waals surface area contributed by atoms with Crippen LogP contribution in [-0.4, -0.2) is 32.8 Å². The smallest absolute Gasteiger partial charge is 0.191 e. The fraction of sp³-hybridized carbons (Fsp3) is 0.409. The van der Waals surface area contributed by atoms with E-state index in [1.807, 2.05) is 18.2 Å². The van der Waals surface area contributed by atoms with E-state index in [1.165, 1.54) is 5.56 Å². The summed E-state index contributed by atoms with van der Waals surface area (Å²) in [6, 6.07) is 16.6. The number of nitrogens with one attached hydrogen (secondary N) is 2. The van der Waals surface area contributed by atoms with Crippen LogP contribution in [-0.2, 0) is 12.0 Å². The maximum absolute atomic E-state index is 5.76. The first-order chi connectivity index (χ1) is 13.1. The molecule has 0 fully saturated rings. The van der Waals surface area contributed by atoms with Crippen molar-refractivity contribution in [2.24, 2.45) is 4.99 Å². The maximum atomic E-state index is 5.76. The van der Waals surface area contributed by atoms with Gasteiger partial charge in [0.2, 0.25) is 0 Å². The summed E-state index contributed by atoms with van der Waals surface area (Å²) in [4.78, 5) is 4.34. The first-order valence-corrected chi connectivity index (χ1v) is 9.47. The molecule has 3 rings (SSSR count). The summed E-state index contributed by atoms with van der Waals surface area (Å²) >= 11 is 0. The average Bonchev–Trinajstić information content (AvgIpc) is 2.93. The lowest BCUT2D eigenvalue weighted by Crippen LogP contribution is -2.43. The van der Waals surface area contributed by atoms with Crippen LogP contribution in [0, 0.1) is 0 Å². The average molecular weight is 367 g/mol. The van der Waals surface area contributed by atoms with E-state index in [1.54, 1.807) is 7.05 Å². The molecule has 5 heteroatoms. The second-order valence-corrected chi connectivity index (χ2v) is 7.36. The fourth-order valence-electron chi connectivity index (χ4n) is 3.02. The Morgan fingerprint density at radius 1 is 1.00 bits per heavy atom. The van der Waals surface area contributed by atoms with Gasteiger partial charge >= 0.3 is 0 Å². The highest BCUT2D eigenvalue weighted by molar-refractivity contribution is 5.79. The molecule has 0 atom stereocenters. The molecule has 1 heterocycles. The molecule has 1 aliphatic heterocycles. The number of hydrogen-bond donors (Lipinski definition) is 2. The number of guanidine groups is 1. The number of hydrogen-bond acceptors (Lipinski definition) is 3. The first kappa shape index (κ1) is 19.1. The van der Waals surface area contributed by atoms with Crippen LogP contribution in [0.25, 0.3) is 0 Å². The van der Waals surface area contributed by atoms with E-state index in [-0.39, 0.29) is 5.41 Å². The molecule has 0 aromatic heterocycles. The van der Waals surface area contributed by atoms with Crippen molar-refractivity contribution < 1.29 is 9.47 Å². The number of ether oxygens (including phenoxy) is 2. The summed E-state index contributed by atoms with van der Waals surface area (Å²) in [5.74, 6) is 2.43. The van der Waals surface area contributed by atoms with Gasteiger partial charge in [-0.25, -0.2) is 0 Å². The van der Waals surface area contributed by atoms with Gasteiger partial charge < -0.3 is 20.1 Å². The first-order valence-electron chi connectivity index (χ1n) is 9.47. The fourth-order valence-corrected chi connectivity index (χ4v) is 3.02. The van der Waals surface area contributed by atoms with Gasteiger partial charge in [0.15, 0.2) is 17.5 Å². The largest absolute Gasteiger partial charge is 0.490 e. The Hall–Kier alpha value is -2.69. The van der Waals surface area contributed by atoms with Gasteiger partial charge in [-0.05, 0) is 23.3 Å². The van der Waals surface area contributed by atoms with Gasteiger partial charge in [0.25, 0.3) is 0 Å². The molecule has 5 nitrogen and oxygen atoms in total. The van der Waals surface area contributed by atoms with E-state index in [0.29, 0.717) is 19.8 Å². The minimum atomic E-state index is 0.00806. The van der Waals surface area contributed by atoms with Crippen LogP contribution in [0.5, 0.6) is 11.5 Å². The Balaban J connectivity index is 1.56. The molecule has 0 aliphatic carbocycles. The van der Waals surface area contributed by atoms with Crippen molar-refractivity contribution >= 4 is 5.96 Å². The lowest BCUT2D eigenvalue weighted by molar-refractivity contribution is 0.297. The summed E-state index contributed by atoms with van der Waals surface area (Å²) in [5.41, 5.74) is 2.44. The SMILES string of the molecule is CN=C(NCc1ccc2c(c1)OCCCO2)NCC(C)(C)c1ccccc1. The molecule has 27 heavy (non-hydrogen) atoms. The molecule has 0 saturated carbocycles. The zero-order valence-electron chi connectivity index (χ0n) is 16.4. The molecular formula is C22H29N3O2. The van der Waals surface area contributed by atoms with Crippen LogP contribution in [0.4, 0.5) is 0 Å². The van der Waals surface area contributed by atoms with Gasteiger partial charge in [-0.15, -0.1) is 0 Å². The lowest BCUT2D eigenvalue weighted by atomic mass is 9.85. The highest BCUT2D eigenvalue weighted by atomic mass is 16.5. The minimum Gasteiger partial charge on any atom is -0.490 e. The number of aliphatic imine (C=N–C) groups is 1. The van der Waals surface area contributed by atoms with Crippen molar-refractivity contribution in [1.82, 2.24) is 10.6 Å². The third-order valence-corrected chi connectivity index (χ3v) is 4.75. The van der Waals surface area contributed by atoms with Crippen LogP contribution in [0.2, 0.25) is 0 Å². The number of rotatable bonds is 5. The van der Waals surface area contributed by atoms with Gasteiger partial charge in [0.1, 0.15) is 0 Å². The summed E-state index contributed by atoms with van der Waals surface area (Å²) in [6.45, 7) is 7.32. The highest BCUT2D eigenvalue weighted by Gasteiger charge is 2.20. The van der Waals surface area contributed by atoms with Crippen molar-refractivity contribution in [3.8, 4) is 11.5 Å². The number of nitrogens with zero attached hydrogens (tertiary/aromatic N) is 1. The van der Waals surface area contributed by atoms with E-state index < -0.39 is 0 Å². The minimum absolute atomic E-state index is 0.00806. The van der Waals surface area contributed by atoms with Crippen molar-refractivity contribution in [3.63, 3.8) is 0 Å². The normalized spacial score (nSPS) is 14.4. The lowest BCUT2D eigenvalue weighted by Gasteiger charge is -2.26. The van der Waals surface area contributed by atoms with E-state index in [2.05, 4.69) is 59.8 Å². The van der Waals surface area contributed by atoms with Crippen molar-refractivity contribution in [1.29, 1.82) is 0 Å². The second-order valence-electron chi connectivity index (χ2n) is 7.36. The summed E-state index contributed by atoms with van der Waals surface area (Å²) in [7, 11) is 1.79. The van der Waals surface area contributed by atoms with Crippen LogP contribution < -0.4 is 20.1 Å². The number of benzene rings is 2. The van der Waals surface area contributed by atoms with Crippen LogP contribution in [0.1, 0.15) is 31.4 Å². The zero-order valence-corrected chi connectivity index (χ0v) is 16.4. The molecule has 0 unspecified atom stereocenters. The summed E-state index contributed by atoms with van der Waals surface area (Å²) in [5, 5.41) is 6.81. The Kier molecular flexibility index (Phi) is 6.22. The molecule has 0 saturated heterocycles. The Morgan fingerprint density at radius 2 is 1.74 bits per heavy atom. The zero-order chi connectivity index (χ0) is 19.1. The van der Waals surface area contributed by atoms with E-state index in [0.717, 1.165) is 36.0 Å². The third kappa shape index (κ3) is 5.16. The van der Waals surface area contributed by atoms with Crippen LogP contribution in [0.15, 0.2) is 53.5 Å². The molecule has 1 aliphatic rings. The maximum Gasteiger partial charge on any atom is 0.191 e. The van der Waals surface area contributed by atoms with E-state index in [9.17, 15) is 0 Å². The molecule has 0 bridgehead atoms. The molecule has 2 N–H and O–H groups in total. The molecule has 144 valence electrons. The van der Waals surface area contributed by atoms with Gasteiger partial charge in [-0.2, -0.15) is 0 Å². The monoisotopic (exact) mass is 367 g/mol. The molecule has 0 radical (unpaired) electrons. The third-order valence-electron chi connectivity index (χ3n) is 4.75. The Labute approximate surface area is 161 Å². The van der Waals surface area contributed by atoms with Gasteiger partial charge in [0.05, 0.1) is 13.2 Å². The van der Waals surface area contributed by atoms with Gasteiger partial charge in [0, 0.05) is 32.0 Å². The van der Waals surface area contributed by atoms with Crippen LogP contribution in [0.3, 0.4) is 0 Å². The van der Waals surface area contributed by atoms with Gasteiger partial charge in [-0.3, -0.25) is 4.99 Å². The predicted octanol–water partition coefficient (Wildman–Crippen LogP) is 3.49. The summed E-state index contributed by atoms with van der Waals surface area (Å²) in [6.07, 6.45) is 0.913. The quantitative estimate of drug-likeness (QED) is 0.627.